The third kappa shape index (κ3) is 3.24. The molecule has 20 heavy (non-hydrogen) atoms. The van der Waals surface area contributed by atoms with Gasteiger partial charge in [-0.1, -0.05) is 17.7 Å². The predicted molar refractivity (Wildman–Crippen MR) is 85.6 cm³/mol. The van der Waals surface area contributed by atoms with Crippen LogP contribution in [-0.4, -0.2) is 36.5 Å². The lowest BCUT2D eigenvalue weighted by Gasteiger charge is -2.26. The van der Waals surface area contributed by atoms with Crippen LogP contribution < -0.4 is 10.6 Å². The number of rotatable bonds is 6. The summed E-state index contributed by atoms with van der Waals surface area (Å²) in [5.41, 5.74) is 8.25. The average molecular weight is 313 g/mol. The van der Waals surface area contributed by atoms with Crippen molar-refractivity contribution in [3.8, 4) is 10.4 Å². The molecule has 4 N–H and O–H groups in total. The maximum Gasteiger partial charge on any atom is 0.0656 e. The van der Waals surface area contributed by atoms with Gasteiger partial charge in [0, 0.05) is 29.2 Å². The highest BCUT2D eigenvalue weighted by atomic mass is 35.5. The highest BCUT2D eigenvalue weighted by Gasteiger charge is 2.15. The first kappa shape index (κ1) is 15.1. The van der Waals surface area contributed by atoms with Gasteiger partial charge in [-0.05, 0) is 23.6 Å². The molecule has 6 heteroatoms. The fourth-order valence-corrected chi connectivity index (χ4v) is 2.97. The number of nitrogen functional groups attached to an aromatic ring is 1. The third-order valence-corrected chi connectivity index (χ3v) is 4.21. The van der Waals surface area contributed by atoms with Crippen LogP contribution in [0, 0.1) is 0 Å². The van der Waals surface area contributed by atoms with Crippen molar-refractivity contribution < 1.29 is 10.2 Å². The molecule has 4 nitrogen and oxygen atoms in total. The minimum Gasteiger partial charge on any atom is -0.398 e. The normalized spacial score (nSPS) is 10.8. The van der Waals surface area contributed by atoms with Crippen LogP contribution in [-0.2, 0) is 0 Å². The van der Waals surface area contributed by atoms with Gasteiger partial charge in [-0.25, -0.2) is 0 Å². The summed E-state index contributed by atoms with van der Waals surface area (Å²) < 4.78 is 0. The Morgan fingerprint density at radius 1 is 1.20 bits per heavy atom. The van der Waals surface area contributed by atoms with Gasteiger partial charge >= 0.3 is 0 Å². The van der Waals surface area contributed by atoms with Crippen LogP contribution in [0.2, 0.25) is 5.02 Å². The van der Waals surface area contributed by atoms with Crippen molar-refractivity contribution in [1.29, 1.82) is 0 Å². The van der Waals surface area contributed by atoms with Crippen molar-refractivity contribution in [1.82, 2.24) is 0 Å². The van der Waals surface area contributed by atoms with Gasteiger partial charge in [-0.2, -0.15) is 0 Å². The summed E-state index contributed by atoms with van der Waals surface area (Å²) >= 11 is 7.73. The van der Waals surface area contributed by atoms with E-state index in [1.165, 1.54) is 0 Å². The molecule has 0 aliphatic rings. The van der Waals surface area contributed by atoms with E-state index in [9.17, 15) is 10.2 Å². The summed E-state index contributed by atoms with van der Waals surface area (Å²) in [6, 6.07) is 7.60. The van der Waals surface area contributed by atoms with E-state index < -0.39 is 0 Å². The van der Waals surface area contributed by atoms with Gasteiger partial charge in [0.25, 0.3) is 0 Å². The van der Waals surface area contributed by atoms with E-state index in [-0.39, 0.29) is 13.2 Å². The van der Waals surface area contributed by atoms with E-state index in [0.717, 1.165) is 16.1 Å². The minimum atomic E-state index is 0.00583. The van der Waals surface area contributed by atoms with E-state index >= 15 is 0 Å². The molecule has 1 aromatic carbocycles. The van der Waals surface area contributed by atoms with Gasteiger partial charge < -0.3 is 20.8 Å². The van der Waals surface area contributed by atoms with Crippen molar-refractivity contribution >= 4 is 34.3 Å². The molecule has 0 aliphatic heterocycles. The molecule has 108 valence electrons. The van der Waals surface area contributed by atoms with Crippen molar-refractivity contribution in [3.05, 3.63) is 34.7 Å². The largest absolute Gasteiger partial charge is 0.398 e. The van der Waals surface area contributed by atoms with Gasteiger partial charge in [-0.3, -0.25) is 0 Å². The molecule has 0 amide bonds. The average Bonchev–Trinajstić information content (AvgIpc) is 2.95. The summed E-state index contributed by atoms with van der Waals surface area (Å²) in [5, 5.41) is 20.8. The van der Waals surface area contributed by atoms with E-state index in [0.29, 0.717) is 23.8 Å². The van der Waals surface area contributed by atoms with Crippen LogP contribution in [0.15, 0.2) is 29.6 Å². The summed E-state index contributed by atoms with van der Waals surface area (Å²) in [6.45, 7) is 0.871. The SMILES string of the molecule is Nc1cc(-c2cccs2)c(N(CCO)CCO)cc1Cl. The second-order valence-electron chi connectivity index (χ2n) is 4.30. The zero-order valence-electron chi connectivity index (χ0n) is 10.9. The van der Waals surface area contributed by atoms with Crippen molar-refractivity contribution in [2.24, 2.45) is 0 Å². The number of thiophene rings is 1. The first-order chi connectivity index (χ1) is 9.67. The highest BCUT2D eigenvalue weighted by molar-refractivity contribution is 7.13. The predicted octanol–water partition coefficient (Wildman–Crippen LogP) is 2.44. The van der Waals surface area contributed by atoms with Gasteiger partial charge in [0.1, 0.15) is 0 Å². The van der Waals surface area contributed by atoms with E-state index in [4.69, 9.17) is 17.3 Å². The van der Waals surface area contributed by atoms with E-state index in [1.54, 1.807) is 17.4 Å². The second kappa shape index (κ2) is 6.95. The van der Waals surface area contributed by atoms with Crippen LogP contribution >= 0.6 is 22.9 Å². The molecule has 0 spiro atoms. The quantitative estimate of drug-likeness (QED) is 0.717. The first-order valence-corrected chi connectivity index (χ1v) is 7.52. The molecular formula is C14H17ClN2O2S. The second-order valence-corrected chi connectivity index (χ2v) is 5.66. The lowest BCUT2D eigenvalue weighted by molar-refractivity contribution is 0.281. The molecule has 0 bridgehead atoms. The third-order valence-electron chi connectivity index (χ3n) is 2.98. The number of benzene rings is 1. The van der Waals surface area contributed by atoms with Crippen molar-refractivity contribution in [2.75, 3.05) is 36.9 Å². The van der Waals surface area contributed by atoms with Crippen LogP contribution in [0.5, 0.6) is 0 Å². The Morgan fingerprint density at radius 3 is 2.45 bits per heavy atom. The molecule has 1 aromatic heterocycles. The molecule has 0 saturated carbocycles. The van der Waals surface area contributed by atoms with Crippen LogP contribution in [0.25, 0.3) is 10.4 Å². The topological polar surface area (TPSA) is 69.7 Å². The zero-order chi connectivity index (χ0) is 14.5. The number of aliphatic hydroxyl groups is 2. The number of hydrogen-bond acceptors (Lipinski definition) is 5. The number of aliphatic hydroxyl groups excluding tert-OH is 2. The summed E-state index contributed by atoms with van der Waals surface area (Å²) in [4.78, 5) is 2.98. The number of hydrogen-bond donors (Lipinski definition) is 3. The van der Waals surface area contributed by atoms with Gasteiger partial charge in [0.05, 0.1) is 23.9 Å². The van der Waals surface area contributed by atoms with E-state index in [1.807, 2.05) is 28.5 Å². The number of anilines is 2. The number of nitrogens with zero attached hydrogens (tertiary/aromatic N) is 1. The monoisotopic (exact) mass is 312 g/mol. The molecule has 0 saturated heterocycles. The lowest BCUT2D eigenvalue weighted by atomic mass is 10.1. The Bertz CT molecular complexity index is 555. The standard InChI is InChI=1S/C14H17ClN2O2S/c15-11-9-13(17(3-5-18)4-6-19)10(8-12(11)16)14-2-1-7-20-14/h1-2,7-9,18-19H,3-6,16H2. The lowest BCUT2D eigenvalue weighted by Crippen LogP contribution is -2.30. The first-order valence-electron chi connectivity index (χ1n) is 6.27. The van der Waals surface area contributed by atoms with Crippen LogP contribution in [0.4, 0.5) is 11.4 Å². The Hall–Kier alpha value is -1.27. The van der Waals surface area contributed by atoms with Gasteiger partial charge in [0.15, 0.2) is 0 Å². The molecule has 0 unspecified atom stereocenters. The maximum atomic E-state index is 9.19. The van der Waals surface area contributed by atoms with Crippen LogP contribution in [0.3, 0.4) is 0 Å². The molecule has 0 aliphatic carbocycles. The molecule has 0 atom stereocenters. The Balaban J connectivity index is 2.51. The number of halogens is 1. The molecular weight excluding hydrogens is 296 g/mol. The van der Waals surface area contributed by atoms with Crippen molar-refractivity contribution in [3.63, 3.8) is 0 Å². The summed E-state index contributed by atoms with van der Waals surface area (Å²) in [7, 11) is 0. The summed E-state index contributed by atoms with van der Waals surface area (Å²) in [6.07, 6.45) is 0. The van der Waals surface area contributed by atoms with Crippen LogP contribution in [0.1, 0.15) is 0 Å². The zero-order valence-corrected chi connectivity index (χ0v) is 12.5. The maximum absolute atomic E-state index is 9.19. The Labute approximate surface area is 127 Å². The molecule has 0 fully saturated rings. The Morgan fingerprint density at radius 2 is 1.90 bits per heavy atom. The molecule has 2 aromatic rings. The fraction of sp³-hybridized carbons (Fsp3) is 0.286. The smallest absolute Gasteiger partial charge is 0.0656 e. The van der Waals surface area contributed by atoms with Gasteiger partial charge in [0.2, 0.25) is 0 Å². The van der Waals surface area contributed by atoms with Gasteiger partial charge in [-0.15, -0.1) is 11.3 Å². The van der Waals surface area contributed by atoms with Crippen molar-refractivity contribution in [2.45, 2.75) is 0 Å². The molecule has 0 radical (unpaired) electrons. The minimum absolute atomic E-state index is 0.00583. The number of nitrogens with two attached hydrogens (primary N) is 1. The molecule has 1 heterocycles. The summed E-state index contributed by atoms with van der Waals surface area (Å²) in [5.74, 6) is 0. The fourth-order valence-electron chi connectivity index (χ4n) is 2.06. The Kier molecular flexibility index (Phi) is 5.25. The van der Waals surface area contributed by atoms with E-state index in [2.05, 4.69) is 0 Å². The molecule has 2 rings (SSSR count). The highest BCUT2D eigenvalue weighted by Crippen LogP contribution is 2.38.